The summed E-state index contributed by atoms with van der Waals surface area (Å²) in [6, 6.07) is 10.6. The lowest BCUT2D eigenvalue weighted by atomic mass is 10.0. The summed E-state index contributed by atoms with van der Waals surface area (Å²) >= 11 is 9.60. The number of carbonyl (C=O) groups excluding carboxylic acids is 2. The molecule has 0 aliphatic rings. The molecule has 1 unspecified atom stereocenters. The number of hydrogen-bond acceptors (Lipinski definition) is 4. The Hall–Kier alpha value is -2.25. The molecular weight excluding hydrogens is 436 g/mol. The van der Waals surface area contributed by atoms with Gasteiger partial charge in [-0.1, -0.05) is 46.6 Å². The third-order valence-electron chi connectivity index (χ3n) is 3.84. The summed E-state index contributed by atoms with van der Waals surface area (Å²) in [6.07, 6.45) is 0.720. The van der Waals surface area contributed by atoms with E-state index in [1.54, 1.807) is 0 Å². The fraction of sp³-hybridized carbons (Fsp3) is 0.263. The lowest BCUT2D eigenvalue weighted by Gasteiger charge is -2.19. The van der Waals surface area contributed by atoms with Gasteiger partial charge in [-0.2, -0.15) is 0 Å². The Morgan fingerprint density at radius 2 is 1.93 bits per heavy atom. The number of rotatable bonds is 8. The maximum absolute atomic E-state index is 12.7. The number of nitrogens with two attached hydrogens (primary N) is 1. The molecule has 3 N–H and O–H groups in total. The van der Waals surface area contributed by atoms with E-state index < -0.39 is 5.91 Å². The highest BCUT2D eigenvalue weighted by atomic mass is 79.9. The molecule has 2 amide bonds. The second kappa shape index (κ2) is 9.62. The molecule has 0 aliphatic carbocycles. The Labute approximate surface area is 171 Å². The molecule has 27 heavy (non-hydrogen) atoms. The van der Waals surface area contributed by atoms with Crippen LogP contribution in [0.3, 0.4) is 0 Å². The summed E-state index contributed by atoms with van der Waals surface area (Å²) in [5.41, 5.74) is 6.39. The highest BCUT2D eigenvalue weighted by molar-refractivity contribution is 9.10. The molecular formula is C19H20BrClN2O4. The van der Waals surface area contributed by atoms with E-state index in [-0.39, 0.29) is 35.1 Å². The second-order valence-corrected chi connectivity index (χ2v) is 7.05. The van der Waals surface area contributed by atoms with Crippen LogP contribution in [0.5, 0.6) is 11.5 Å². The number of benzene rings is 2. The Morgan fingerprint density at radius 1 is 1.26 bits per heavy atom. The standard InChI is InChI=1S/C19H20BrClN2O4/c1-3-15(11-4-6-13(20)7-5-11)23-19(25)12-8-14(21)18(16(9-12)26-2)27-10-17(22)24/h4-9,15H,3,10H2,1-2H3,(H2,22,24)(H,23,25). The monoisotopic (exact) mass is 454 g/mol. The van der Waals surface area contributed by atoms with Gasteiger partial charge in [-0.15, -0.1) is 0 Å². The minimum atomic E-state index is -0.643. The van der Waals surface area contributed by atoms with Crippen LogP contribution in [0.25, 0.3) is 0 Å². The molecule has 0 aromatic heterocycles. The van der Waals surface area contributed by atoms with E-state index >= 15 is 0 Å². The number of primary amides is 1. The van der Waals surface area contributed by atoms with Gasteiger partial charge >= 0.3 is 0 Å². The average Bonchev–Trinajstić information content (AvgIpc) is 2.64. The van der Waals surface area contributed by atoms with Gasteiger partial charge in [-0.05, 0) is 36.2 Å². The summed E-state index contributed by atoms with van der Waals surface area (Å²) in [5, 5.41) is 3.13. The van der Waals surface area contributed by atoms with Crippen molar-refractivity contribution in [1.82, 2.24) is 5.32 Å². The normalized spacial score (nSPS) is 11.6. The predicted octanol–water partition coefficient (Wildman–Crippen LogP) is 3.86. The van der Waals surface area contributed by atoms with Gasteiger partial charge in [0.05, 0.1) is 18.2 Å². The van der Waals surface area contributed by atoms with Crippen LogP contribution in [-0.4, -0.2) is 25.5 Å². The van der Waals surface area contributed by atoms with Crippen molar-refractivity contribution in [2.24, 2.45) is 5.73 Å². The number of hydrogen-bond donors (Lipinski definition) is 2. The van der Waals surface area contributed by atoms with Crippen LogP contribution in [0.1, 0.15) is 35.3 Å². The van der Waals surface area contributed by atoms with Crippen molar-refractivity contribution in [2.45, 2.75) is 19.4 Å². The van der Waals surface area contributed by atoms with E-state index in [0.29, 0.717) is 5.56 Å². The fourth-order valence-corrected chi connectivity index (χ4v) is 3.02. The van der Waals surface area contributed by atoms with Crippen LogP contribution in [0.15, 0.2) is 40.9 Å². The van der Waals surface area contributed by atoms with Crippen molar-refractivity contribution in [3.63, 3.8) is 0 Å². The van der Waals surface area contributed by atoms with Crippen LogP contribution in [-0.2, 0) is 4.79 Å². The molecule has 0 spiro atoms. The van der Waals surface area contributed by atoms with Gasteiger partial charge in [0.25, 0.3) is 11.8 Å². The molecule has 0 radical (unpaired) electrons. The van der Waals surface area contributed by atoms with Gasteiger partial charge in [0, 0.05) is 10.0 Å². The van der Waals surface area contributed by atoms with Crippen LogP contribution in [0.2, 0.25) is 5.02 Å². The Bertz CT molecular complexity index is 827. The smallest absolute Gasteiger partial charge is 0.255 e. The zero-order chi connectivity index (χ0) is 20.0. The Kier molecular flexibility index (Phi) is 7.50. The summed E-state index contributed by atoms with van der Waals surface area (Å²) in [5.74, 6) is -0.540. The Morgan fingerprint density at radius 3 is 2.48 bits per heavy atom. The number of halogens is 2. The number of amides is 2. The fourth-order valence-electron chi connectivity index (χ4n) is 2.49. The molecule has 2 aromatic rings. The van der Waals surface area contributed by atoms with Gasteiger partial charge in [0.2, 0.25) is 0 Å². The van der Waals surface area contributed by atoms with E-state index in [4.69, 9.17) is 26.8 Å². The minimum absolute atomic E-state index is 0.150. The zero-order valence-corrected chi connectivity index (χ0v) is 17.3. The molecule has 0 bridgehead atoms. The zero-order valence-electron chi connectivity index (χ0n) is 14.9. The van der Waals surface area contributed by atoms with Crippen molar-refractivity contribution in [1.29, 1.82) is 0 Å². The maximum Gasteiger partial charge on any atom is 0.255 e. The first-order valence-corrected chi connectivity index (χ1v) is 9.37. The molecule has 0 fully saturated rings. The van der Waals surface area contributed by atoms with Crippen molar-refractivity contribution < 1.29 is 19.1 Å². The molecule has 2 aromatic carbocycles. The van der Waals surface area contributed by atoms with Crippen molar-refractivity contribution >= 4 is 39.3 Å². The summed E-state index contributed by atoms with van der Waals surface area (Å²) in [7, 11) is 1.42. The summed E-state index contributed by atoms with van der Waals surface area (Å²) in [6.45, 7) is 1.64. The van der Waals surface area contributed by atoms with Crippen LogP contribution < -0.4 is 20.5 Å². The molecule has 144 valence electrons. The first kappa shape index (κ1) is 21.1. The molecule has 0 saturated carbocycles. The van der Waals surface area contributed by atoms with Crippen LogP contribution >= 0.6 is 27.5 Å². The topological polar surface area (TPSA) is 90.6 Å². The molecule has 0 saturated heterocycles. The van der Waals surface area contributed by atoms with Gasteiger partial charge < -0.3 is 20.5 Å². The molecule has 0 heterocycles. The van der Waals surface area contributed by atoms with E-state index in [2.05, 4.69) is 21.2 Å². The second-order valence-electron chi connectivity index (χ2n) is 5.73. The van der Waals surface area contributed by atoms with Crippen molar-refractivity contribution in [2.75, 3.05) is 13.7 Å². The van der Waals surface area contributed by atoms with Crippen molar-refractivity contribution in [3.05, 3.63) is 57.0 Å². The third kappa shape index (κ3) is 5.61. The van der Waals surface area contributed by atoms with Gasteiger partial charge in [-0.3, -0.25) is 9.59 Å². The van der Waals surface area contributed by atoms with Gasteiger partial charge in [0.15, 0.2) is 18.1 Å². The quantitative estimate of drug-likeness (QED) is 0.632. The number of methoxy groups -OCH3 is 1. The molecule has 0 aliphatic heterocycles. The first-order chi connectivity index (χ1) is 12.8. The van der Waals surface area contributed by atoms with Crippen LogP contribution in [0.4, 0.5) is 0 Å². The molecule has 6 nitrogen and oxygen atoms in total. The van der Waals surface area contributed by atoms with Crippen LogP contribution in [0, 0.1) is 0 Å². The van der Waals surface area contributed by atoms with Gasteiger partial charge in [-0.25, -0.2) is 0 Å². The molecule has 8 heteroatoms. The predicted molar refractivity (Wildman–Crippen MR) is 107 cm³/mol. The molecule has 2 rings (SSSR count). The van der Waals surface area contributed by atoms with E-state index in [1.165, 1.54) is 19.2 Å². The molecule has 1 atom stereocenters. The highest BCUT2D eigenvalue weighted by Gasteiger charge is 2.19. The SMILES string of the molecule is CCC(NC(=O)c1cc(Cl)c(OCC(N)=O)c(OC)c1)c1ccc(Br)cc1. The lowest BCUT2D eigenvalue weighted by Crippen LogP contribution is -2.28. The van der Waals surface area contributed by atoms with Crippen molar-refractivity contribution in [3.8, 4) is 11.5 Å². The lowest BCUT2D eigenvalue weighted by molar-refractivity contribution is -0.119. The van der Waals surface area contributed by atoms with E-state index in [1.807, 2.05) is 31.2 Å². The summed E-state index contributed by atoms with van der Waals surface area (Å²) < 4.78 is 11.5. The highest BCUT2D eigenvalue weighted by Crippen LogP contribution is 2.36. The summed E-state index contributed by atoms with van der Waals surface area (Å²) in [4.78, 5) is 23.6. The number of carbonyl (C=O) groups is 2. The third-order valence-corrected chi connectivity index (χ3v) is 4.65. The number of ether oxygens (including phenoxy) is 2. The van der Waals surface area contributed by atoms with Gasteiger partial charge in [0.1, 0.15) is 0 Å². The maximum atomic E-state index is 12.7. The largest absolute Gasteiger partial charge is 0.493 e. The first-order valence-electron chi connectivity index (χ1n) is 8.20. The Balaban J connectivity index is 2.23. The van der Waals surface area contributed by atoms with E-state index in [9.17, 15) is 9.59 Å². The minimum Gasteiger partial charge on any atom is -0.493 e. The average molecular weight is 456 g/mol. The van der Waals surface area contributed by atoms with E-state index in [0.717, 1.165) is 16.5 Å². The number of nitrogens with one attached hydrogen (secondary N) is 1.